The molecule has 0 spiro atoms. The van der Waals surface area contributed by atoms with Gasteiger partial charge in [0, 0.05) is 13.1 Å². The van der Waals surface area contributed by atoms with Crippen molar-refractivity contribution >= 4 is 5.97 Å². The van der Waals surface area contributed by atoms with Crippen molar-refractivity contribution in [3.05, 3.63) is 35.4 Å². The summed E-state index contributed by atoms with van der Waals surface area (Å²) in [6.45, 7) is 4.05. The van der Waals surface area contributed by atoms with E-state index in [1.807, 2.05) is 6.07 Å². The Hall–Kier alpha value is -1.35. The van der Waals surface area contributed by atoms with Gasteiger partial charge in [0.15, 0.2) is 0 Å². The zero-order valence-electron chi connectivity index (χ0n) is 10.9. The van der Waals surface area contributed by atoms with Gasteiger partial charge in [-0.1, -0.05) is 25.5 Å². The lowest BCUT2D eigenvalue weighted by atomic mass is 9.67. The number of hydrogen-bond acceptors (Lipinski definition) is 2. The summed E-state index contributed by atoms with van der Waals surface area (Å²) in [7, 11) is 0. The van der Waals surface area contributed by atoms with Gasteiger partial charge in [-0.2, -0.15) is 0 Å². The Balaban J connectivity index is 1.86. The summed E-state index contributed by atoms with van der Waals surface area (Å²) in [5.74, 6) is -0.860. The van der Waals surface area contributed by atoms with Gasteiger partial charge < -0.3 is 10.4 Å². The Morgan fingerprint density at radius 3 is 2.78 bits per heavy atom. The molecule has 18 heavy (non-hydrogen) atoms. The van der Waals surface area contributed by atoms with Crippen LogP contribution in [0.5, 0.6) is 0 Å². The molecule has 98 valence electrons. The van der Waals surface area contributed by atoms with Crippen LogP contribution in [0.4, 0.5) is 0 Å². The van der Waals surface area contributed by atoms with E-state index in [0.717, 1.165) is 18.7 Å². The van der Waals surface area contributed by atoms with Crippen molar-refractivity contribution in [1.82, 2.24) is 5.32 Å². The standard InChI is InChI=1S/C15H21NO2/c1-2-15(7-4-8-15)11-16-10-12-5-3-6-13(9-12)14(17)18/h3,5-6,9,16H,2,4,7-8,10-11H2,1H3,(H,17,18). The van der Waals surface area contributed by atoms with Crippen molar-refractivity contribution in [2.24, 2.45) is 5.41 Å². The summed E-state index contributed by atoms with van der Waals surface area (Å²) in [6.07, 6.45) is 5.23. The van der Waals surface area contributed by atoms with Crippen LogP contribution in [0.1, 0.15) is 48.5 Å². The van der Waals surface area contributed by atoms with Gasteiger partial charge in [0.05, 0.1) is 5.56 Å². The van der Waals surface area contributed by atoms with Crippen LogP contribution in [0.2, 0.25) is 0 Å². The molecular weight excluding hydrogens is 226 g/mol. The Morgan fingerprint density at radius 1 is 1.44 bits per heavy atom. The van der Waals surface area contributed by atoms with Crippen molar-refractivity contribution in [3.63, 3.8) is 0 Å². The molecule has 3 heteroatoms. The molecule has 0 saturated heterocycles. The highest BCUT2D eigenvalue weighted by Crippen LogP contribution is 2.43. The average Bonchev–Trinajstić information content (AvgIpc) is 2.33. The highest BCUT2D eigenvalue weighted by molar-refractivity contribution is 5.87. The molecule has 1 aromatic rings. The van der Waals surface area contributed by atoms with Crippen molar-refractivity contribution in [3.8, 4) is 0 Å². The van der Waals surface area contributed by atoms with Gasteiger partial charge in [0.1, 0.15) is 0 Å². The minimum Gasteiger partial charge on any atom is -0.478 e. The van der Waals surface area contributed by atoms with Crippen LogP contribution in [0.15, 0.2) is 24.3 Å². The van der Waals surface area contributed by atoms with E-state index in [0.29, 0.717) is 11.0 Å². The minimum atomic E-state index is -0.860. The quantitative estimate of drug-likeness (QED) is 0.812. The van der Waals surface area contributed by atoms with Gasteiger partial charge in [-0.3, -0.25) is 0 Å². The monoisotopic (exact) mass is 247 g/mol. The normalized spacial score (nSPS) is 17.2. The van der Waals surface area contributed by atoms with Gasteiger partial charge in [-0.05, 0) is 42.4 Å². The first kappa shape index (κ1) is 13.1. The minimum absolute atomic E-state index is 0.364. The molecule has 0 atom stereocenters. The molecule has 1 aliphatic rings. The SMILES string of the molecule is CCC1(CNCc2cccc(C(=O)O)c2)CCC1. The fraction of sp³-hybridized carbons (Fsp3) is 0.533. The van der Waals surface area contributed by atoms with Crippen LogP contribution < -0.4 is 5.32 Å². The maximum absolute atomic E-state index is 10.9. The van der Waals surface area contributed by atoms with Crippen molar-refractivity contribution in [2.45, 2.75) is 39.2 Å². The summed E-state index contributed by atoms with van der Waals surface area (Å²) in [5, 5.41) is 12.4. The maximum Gasteiger partial charge on any atom is 0.335 e. The van der Waals surface area contributed by atoms with E-state index in [2.05, 4.69) is 12.2 Å². The fourth-order valence-electron chi connectivity index (χ4n) is 2.62. The Bertz CT molecular complexity index is 419. The Morgan fingerprint density at radius 2 is 2.22 bits per heavy atom. The van der Waals surface area contributed by atoms with E-state index < -0.39 is 5.97 Å². The topological polar surface area (TPSA) is 49.3 Å². The third kappa shape index (κ3) is 2.91. The molecule has 1 aromatic carbocycles. The molecule has 0 bridgehead atoms. The third-order valence-electron chi connectivity index (χ3n) is 4.17. The molecular formula is C15H21NO2. The van der Waals surface area contributed by atoms with Crippen LogP contribution >= 0.6 is 0 Å². The second-order valence-corrected chi connectivity index (χ2v) is 5.32. The first-order chi connectivity index (χ1) is 8.65. The first-order valence-corrected chi connectivity index (χ1v) is 6.68. The summed E-state index contributed by atoms with van der Waals surface area (Å²) >= 11 is 0. The molecule has 1 saturated carbocycles. The highest BCUT2D eigenvalue weighted by atomic mass is 16.4. The molecule has 0 aliphatic heterocycles. The Labute approximate surface area is 108 Å². The lowest BCUT2D eigenvalue weighted by Gasteiger charge is -2.41. The van der Waals surface area contributed by atoms with E-state index in [1.54, 1.807) is 18.2 Å². The number of nitrogens with one attached hydrogen (secondary N) is 1. The summed E-state index contributed by atoms with van der Waals surface area (Å²) < 4.78 is 0. The van der Waals surface area contributed by atoms with Gasteiger partial charge in [-0.15, -0.1) is 0 Å². The molecule has 0 heterocycles. The molecule has 0 aromatic heterocycles. The van der Waals surface area contributed by atoms with Crippen molar-refractivity contribution in [2.75, 3.05) is 6.54 Å². The molecule has 2 N–H and O–H groups in total. The lowest BCUT2D eigenvalue weighted by molar-refractivity contribution is 0.0696. The van der Waals surface area contributed by atoms with Gasteiger partial charge in [-0.25, -0.2) is 4.79 Å². The molecule has 0 radical (unpaired) electrons. The van der Waals surface area contributed by atoms with Crippen LogP contribution in [-0.4, -0.2) is 17.6 Å². The van der Waals surface area contributed by atoms with Crippen molar-refractivity contribution < 1.29 is 9.90 Å². The zero-order chi connectivity index (χ0) is 13.0. The van der Waals surface area contributed by atoms with E-state index in [9.17, 15) is 4.79 Å². The molecule has 1 aliphatic carbocycles. The van der Waals surface area contributed by atoms with Crippen LogP contribution in [-0.2, 0) is 6.54 Å². The second kappa shape index (κ2) is 5.53. The average molecular weight is 247 g/mol. The third-order valence-corrected chi connectivity index (χ3v) is 4.17. The first-order valence-electron chi connectivity index (χ1n) is 6.68. The van der Waals surface area contributed by atoms with Crippen LogP contribution in [0.25, 0.3) is 0 Å². The fourth-order valence-corrected chi connectivity index (χ4v) is 2.62. The van der Waals surface area contributed by atoms with Crippen molar-refractivity contribution in [1.29, 1.82) is 0 Å². The number of aromatic carboxylic acids is 1. The Kier molecular flexibility index (Phi) is 4.02. The van der Waals surface area contributed by atoms with E-state index in [4.69, 9.17) is 5.11 Å². The summed E-state index contributed by atoms with van der Waals surface area (Å²) in [4.78, 5) is 10.9. The highest BCUT2D eigenvalue weighted by Gasteiger charge is 2.34. The zero-order valence-corrected chi connectivity index (χ0v) is 10.9. The number of benzene rings is 1. The summed E-state index contributed by atoms with van der Waals surface area (Å²) in [5.41, 5.74) is 1.91. The van der Waals surface area contributed by atoms with E-state index in [-0.39, 0.29) is 0 Å². The molecule has 2 rings (SSSR count). The molecule has 0 unspecified atom stereocenters. The largest absolute Gasteiger partial charge is 0.478 e. The smallest absolute Gasteiger partial charge is 0.335 e. The number of carbonyl (C=O) groups is 1. The van der Waals surface area contributed by atoms with Crippen LogP contribution in [0, 0.1) is 5.41 Å². The predicted octanol–water partition coefficient (Wildman–Crippen LogP) is 3.05. The maximum atomic E-state index is 10.9. The van der Waals surface area contributed by atoms with Gasteiger partial charge in [0.2, 0.25) is 0 Å². The number of hydrogen-bond donors (Lipinski definition) is 2. The molecule has 0 amide bonds. The lowest BCUT2D eigenvalue weighted by Crippen LogP contribution is -2.39. The van der Waals surface area contributed by atoms with E-state index in [1.165, 1.54) is 25.7 Å². The van der Waals surface area contributed by atoms with Gasteiger partial charge >= 0.3 is 5.97 Å². The van der Waals surface area contributed by atoms with Gasteiger partial charge in [0.25, 0.3) is 0 Å². The predicted molar refractivity (Wildman–Crippen MR) is 71.7 cm³/mol. The number of carboxylic acids is 1. The van der Waals surface area contributed by atoms with E-state index >= 15 is 0 Å². The number of carboxylic acid groups (broad SMARTS) is 1. The second-order valence-electron chi connectivity index (χ2n) is 5.32. The molecule has 1 fully saturated rings. The van der Waals surface area contributed by atoms with Crippen LogP contribution in [0.3, 0.4) is 0 Å². The summed E-state index contributed by atoms with van der Waals surface area (Å²) in [6, 6.07) is 7.15. The molecule has 3 nitrogen and oxygen atoms in total. The number of rotatable bonds is 6.